The fourth-order valence-electron chi connectivity index (χ4n) is 3.48. The lowest BCUT2D eigenvalue weighted by Gasteiger charge is -2.26. The molecule has 0 atom stereocenters. The van der Waals surface area contributed by atoms with E-state index in [9.17, 15) is 4.79 Å². The Bertz CT molecular complexity index is 974. The molecule has 0 spiro atoms. The predicted octanol–water partition coefficient (Wildman–Crippen LogP) is 4.08. The molecule has 0 saturated heterocycles. The summed E-state index contributed by atoms with van der Waals surface area (Å²) in [4.78, 5) is 14.3. The van der Waals surface area contributed by atoms with E-state index in [1.54, 1.807) is 6.08 Å². The van der Waals surface area contributed by atoms with Crippen LogP contribution >= 0.6 is 0 Å². The highest BCUT2D eigenvalue weighted by Crippen LogP contribution is 2.33. The molecule has 1 amide bonds. The van der Waals surface area contributed by atoms with Gasteiger partial charge in [-0.1, -0.05) is 48.0 Å². The fourth-order valence-corrected chi connectivity index (χ4v) is 3.48. The smallest absolute Gasteiger partial charge is 0.246 e. The first-order chi connectivity index (χ1) is 12.1. The summed E-state index contributed by atoms with van der Waals surface area (Å²) in [7, 11) is 0. The summed E-state index contributed by atoms with van der Waals surface area (Å²) in [5.41, 5.74) is 5.38. The van der Waals surface area contributed by atoms with Crippen LogP contribution in [0.25, 0.3) is 22.0 Å². The third-order valence-corrected chi connectivity index (χ3v) is 4.70. The number of nitrogens with one attached hydrogen (secondary N) is 1. The molecular weight excluding hydrogens is 310 g/mol. The molecule has 126 valence electrons. The average Bonchev–Trinajstić information content (AvgIpc) is 3.03. The molecule has 0 radical (unpaired) electrons. The third-order valence-electron chi connectivity index (χ3n) is 4.70. The number of carbonyl (C=O) groups excluding carboxylic acids is 1. The van der Waals surface area contributed by atoms with Crippen molar-refractivity contribution in [1.29, 1.82) is 0 Å². The maximum Gasteiger partial charge on any atom is 0.246 e. The Hall–Kier alpha value is -2.88. The van der Waals surface area contributed by atoms with Crippen LogP contribution in [-0.4, -0.2) is 27.5 Å². The van der Waals surface area contributed by atoms with Gasteiger partial charge >= 0.3 is 0 Å². The third kappa shape index (κ3) is 2.84. The van der Waals surface area contributed by atoms with E-state index in [2.05, 4.69) is 46.6 Å². The summed E-state index contributed by atoms with van der Waals surface area (Å²) in [6.45, 7) is 5.24. The minimum atomic E-state index is 0.0794. The summed E-state index contributed by atoms with van der Waals surface area (Å²) in [5.74, 6) is 0.0794. The normalized spacial score (nSPS) is 13.6. The van der Waals surface area contributed by atoms with Gasteiger partial charge < -0.3 is 4.90 Å². The van der Waals surface area contributed by atoms with Gasteiger partial charge in [0.05, 0.1) is 5.69 Å². The number of aromatic amines is 1. The molecule has 0 unspecified atom stereocenters. The Morgan fingerprint density at radius 3 is 2.80 bits per heavy atom. The Balaban J connectivity index is 1.76. The molecular formula is C21H21N3O. The van der Waals surface area contributed by atoms with E-state index in [-0.39, 0.29) is 5.91 Å². The molecule has 3 aromatic rings. The second-order valence-electron chi connectivity index (χ2n) is 6.79. The molecule has 4 rings (SSSR count). The van der Waals surface area contributed by atoms with Gasteiger partial charge in [-0.3, -0.25) is 9.89 Å². The molecule has 2 aromatic carbocycles. The topological polar surface area (TPSA) is 49.0 Å². The fraction of sp³-hybridized carbons (Fsp3) is 0.238. The monoisotopic (exact) mass is 331 g/mol. The Kier molecular flexibility index (Phi) is 3.88. The van der Waals surface area contributed by atoms with Crippen molar-refractivity contribution in [3.05, 3.63) is 65.4 Å². The number of hydrogen-bond acceptors (Lipinski definition) is 2. The number of hydrogen-bond donors (Lipinski definition) is 1. The van der Waals surface area contributed by atoms with Gasteiger partial charge in [0.25, 0.3) is 0 Å². The number of H-pyrrole nitrogens is 1. The van der Waals surface area contributed by atoms with Crippen LogP contribution in [0.2, 0.25) is 0 Å². The van der Waals surface area contributed by atoms with Crippen molar-refractivity contribution in [2.24, 2.45) is 0 Å². The number of aromatic nitrogens is 2. The quantitative estimate of drug-likeness (QED) is 0.719. The summed E-state index contributed by atoms with van der Waals surface area (Å²) in [5, 5.41) is 10.2. The van der Waals surface area contributed by atoms with Crippen molar-refractivity contribution < 1.29 is 4.79 Å². The highest BCUT2D eigenvalue weighted by molar-refractivity contribution is 5.96. The molecule has 1 N–H and O–H groups in total. The first-order valence-electron chi connectivity index (χ1n) is 8.61. The maximum absolute atomic E-state index is 12.4. The van der Waals surface area contributed by atoms with Gasteiger partial charge in [-0.05, 0) is 24.6 Å². The molecule has 0 bridgehead atoms. The molecule has 0 fully saturated rings. The van der Waals surface area contributed by atoms with Crippen molar-refractivity contribution in [3.63, 3.8) is 0 Å². The minimum Gasteiger partial charge on any atom is -0.334 e. The van der Waals surface area contributed by atoms with Crippen LogP contribution in [0.15, 0.2) is 54.1 Å². The van der Waals surface area contributed by atoms with E-state index in [4.69, 9.17) is 0 Å². The standard InChI is InChI=1S/C21H21N3O/c1-14(2)12-20(25)24-11-10-19-18(13-24)21(23-22-19)17-9-5-7-15-6-3-4-8-16(15)17/h3-9,12H,10-11,13H2,1-2H3,(H,22,23). The summed E-state index contributed by atoms with van der Waals surface area (Å²) in [6.07, 6.45) is 2.53. The van der Waals surface area contributed by atoms with Gasteiger partial charge in [0.2, 0.25) is 5.91 Å². The molecule has 2 heterocycles. The SMILES string of the molecule is CC(C)=CC(=O)N1CCc2[nH]nc(-c3cccc4ccccc34)c2C1. The van der Waals surface area contributed by atoms with Gasteiger partial charge in [0.15, 0.2) is 0 Å². The zero-order valence-corrected chi connectivity index (χ0v) is 14.5. The van der Waals surface area contributed by atoms with E-state index in [0.29, 0.717) is 6.54 Å². The van der Waals surface area contributed by atoms with Crippen molar-refractivity contribution in [1.82, 2.24) is 15.1 Å². The van der Waals surface area contributed by atoms with Crippen LogP contribution in [0.1, 0.15) is 25.1 Å². The van der Waals surface area contributed by atoms with Gasteiger partial charge in [-0.25, -0.2) is 0 Å². The summed E-state index contributed by atoms with van der Waals surface area (Å²) >= 11 is 0. The van der Waals surface area contributed by atoms with Gasteiger partial charge in [-0.2, -0.15) is 5.10 Å². The second-order valence-corrected chi connectivity index (χ2v) is 6.79. The van der Waals surface area contributed by atoms with Gasteiger partial charge in [0, 0.05) is 42.4 Å². The molecule has 25 heavy (non-hydrogen) atoms. The number of fused-ring (bicyclic) bond motifs is 2. The van der Waals surface area contributed by atoms with Crippen LogP contribution in [0.4, 0.5) is 0 Å². The van der Waals surface area contributed by atoms with Gasteiger partial charge in [0.1, 0.15) is 0 Å². The van der Waals surface area contributed by atoms with Crippen LogP contribution in [0.3, 0.4) is 0 Å². The highest BCUT2D eigenvalue weighted by Gasteiger charge is 2.25. The minimum absolute atomic E-state index is 0.0794. The number of amides is 1. The van der Waals surface area contributed by atoms with Crippen molar-refractivity contribution in [2.45, 2.75) is 26.8 Å². The summed E-state index contributed by atoms with van der Waals surface area (Å²) in [6, 6.07) is 14.6. The molecule has 4 nitrogen and oxygen atoms in total. The van der Waals surface area contributed by atoms with Gasteiger partial charge in [-0.15, -0.1) is 0 Å². The Labute approximate surface area is 147 Å². The first kappa shape index (κ1) is 15.6. The number of rotatable bonds is 2. The molecule has 0 saturated carbocycles. The second kappa shape index (κ2) is 6.20. The zero-order valence-electron chi connectivity index (χ0n) is 14.5. The number of carbonyl (C=O) groups is 1. The van der Waals surface area contributed by atoms with Crippen LogP contribution < -0.4 is 0 Å². The summed E-state index contributed by atoms with van der Waals surface area (Å²) < 4.78 is 0. The van der Waals surface area contributed by atoms with Crippen LogP contribution in [0.5, 0.6) is 0 Å². The van der Waals surface area contributed by atoms with E-state index < -0.39 is 0 Å². The lowest BCUT2D eigenvalue weighted by molar-refractivity contribution is -0.126. The molecule has 1 aromatic heterocycles. The molecule has 1 aliphatic rings. The van der Waals surface area contributed by atoms with Crippen molar-refractivity contribution in [3.8, 4) is 11.3 Å². The molecule has 1 aliphatic heterocycles. The first-order valence-corrected chi connectivity index (χ1v) is 8.61. The van der Waals surface area contributed by atoms with Crippen molar-refractivity contribution in [2.75, 3.05) is 6.54 Å². The largest absolute Gasteiger partial charge is 0.334 e. The lowest BCUT2D eigenvalue weighted by Crippen LogP contribution is -2.34. The predicted molar refractivity (Wildman–Crippen MR) is 100 cm³/mol. The Morgan fingerprint density at radius 2 is 1.96 bits per heavy atom. The average molecular weight is 331 g/mol. The lowest BCUT2D eigenvalue weighted by atomic mass is 9.96. The zero-order chi connectivity index (χ0) is 17.4. The highest BCUT2D eigenvalue weighted by atomic mass is 16.2. The maximum atomic E-state index is 12.4. The molecule has 0 aliphatic carbocycles. The number of benzene rings is 2. The van der Waals surface area contributed by atoms with E-state index in [1.165, 1.54) is 10.8 Å². The van der Waals surface area contributed by atoms with Crippen molar-refractivity contribution >= 4 is 16.7 Å². The number of nitrogens with zero attached hydrogens (tertiary/aromatic N) is 2. The van der Waals surface area contributed by atoms with Crippen LogP contribution in [0, 0.1) is 0 Å². The molecule has 4 heteroatoms. The van der Waals surface area contributed by atoms with E-state index in [0.717, 1.165) is 41.1 Å². The Morgan fingerprint density at radius 1 is 1.16 bits per heavy atom. The van der Waals surface area contributed by atoms with Crippen LogP contribution in [-0.2, 0) is 17.8 Å². The number of allylic oxidation sites excluding steroid dienone is 1. The van der Waals surface area contributed by atoms with E-state index >= 15 is 0 Å². The van der Waals surface area contributed by atoms with E-state index in [1.807, 2.05) is 24.8 Å².